The molecule has 4 nitrogen and oxygen atoms in total. The minimum Gasteiger partial charge on any atom is -0.463 e. The van der Waals surface area contributed by atoms with Crippen LogP contribution in [0.2, 0.25) is 0 Å². The first-order valence-electron chi connectivity index (χ1n) is 39.2. The smallest absolute Gasteiger partial charge is 0.463 e. The minimum absolute atomic E-state index is 0. The summed E-state index contributed by atoms with van der Waals surface area (Å²) in [5.74, 6) is 3.96. The van der Waals surface area contributed by atoms with Gasteiger partial charge in [-0.25, -0.2) is 0 Å². The first-order chi connectivity index (χ1) is 45.7. The van der Waals surface area contributed by atoms with Crippen molar-refractivity contribution < 1.29 is 20.4 Å². The number of hydrogen-bond donors (Lipinski definition) is 0. The van der Waals surface area contributed by atoms with E-state index in [0.717, 1.165) is 0 Å². The Kier molecular flexibility index (Phi) is 41.1. The van der Waals surface area contributed by atoms with Crippen LogP contribution in [-0.4, -0.2) is 0 Å². The Hall–Kier alpha value is -2.62. The third-order valence-electron chi connectivity index (χ3n) is 20.7. The van der Waals surface area contributed by atoms with E-state index in [2.05, 4.69) is 217 Å². The monoisotopic (exact) mass is 1470 g/mol. The molecule has 4 aromatic rings. The number of rotatable bonds is 44. The molecular formula is C86H134Cl4N4Pd. The van der Waals surface area contributed by atoms with E-state index in [1.807, 2.05) is 0 Å². The fraction of sp³-hybridized carbons (Fsp3) is 0.651. The van der Waals surface area contributed by atoms with Gasteiger partial charge in [0.1, 0.15) is 20.6 Å². The zero-order chi connectivity index (χ0) is 68.7. The molecule has 0 bridgehead atoms. The average Bonchev–Trinajstić information content (AvgIpc) is 1.66. The molecule has 0 saturated heterocycles. The van der Waals surface area contributed by atoms with Crippen LogP contribution in [-0.2, 0) is 20.4 Å². The van der Waals surface area contributed by atoms with Crippen LogP contribution < -0.4 is 19.6 Å². The van der Waals surface area contributed by atoms with E-state index < -0.39 is 0 Å². The third-order valence-corrected chi connectivity index (χ3v) is 22.4. The van der Waals surface area contributed by atoms with Gasteiger partial charge < -0.3 is 19.6 Å². The zero-order valence-corrected chi connectivity index (χ0v) is 67.5. The van der Waals surface area contributed by atoms with Gasteiger partial charge in [-0.1, -0.05) is 333 Å². The van der Waals surface area contributed by atoms with Crippen molar-refractivity contribution in [2.75, 3.05) is 19.6 Å². The van der Waals surface area contributed by atoms with E-state index in [4.69, 9.17) is 46.4 Å². The Morgan fingerprint density at radius 1 is 0.221 bits per heavy atom. The second-order valence-electron chi connectivity index (χ2n) is 28.2. The van der Waals surface area contributed by atoms with E-state index in [0.29, 0.717) is 68.0 Å². The molecule has 2 aliphatic heterocycles. The Morgan fingerprint density at radius 3 is 0.421 bits per heavy atom. The number of para-hydroxylation sites is 4. The molecule has 0 aromatic heterocycles. The first kappa shape index (κ1) is 84.8. The molecule has 0 spiro atoms. The molecule has 0 unspecified atom stereocenters. The third kappa shape index (κ3) is 22.2. The van der Waals surface area contributed by atoms with Crippen LogP contribution in [0.15, 0.2) is 93.4 Å². The first-order valence-corrected chi connectivity index (χ1v) is 40.7. The molecular weight excluding hydrogens is 1340 g/mol. The van der Waals surface area contributed by atoms with Gasteiger partial charge in [0.25, 0.3) is 0 Å². The molecule has 2 aliphatic rings. The Morgan fingerprint density at radius 2 is 0.326 bits per heavy atom. The van der Waals surface area contributed by atoms with Crippen molar-refractivity contribution in [3.05, 3.63) is 151 Å². The summed E-state index contributed by atoms with van der Waals surface area (Å²) in [6, 6.07) is 28.3. The quantitative estimate of drug-likeness (QED) is 0.0249. The molecule has 0 fully saturated rings. The standard InChI is InChI=1S/2C43H67Cl2N2.Pd/c2*1-9-19-32(20-10-2)36-27-17-28-37(33(21-11-3)22-12-4)40(36)46-31-47(43(45)42(46)44)41-38(34(23-13-5)24-14-6)29-18-30-39(41)35(25-15-7)26-16-8;/h2*17-18,27-35H,9-16,19-26H2,1-8H3;/q2*-1;+2. The SMILES string of the molecule is CCCC(CCC)c1cccc(C(CCC)CCC)c1N1[CH-]N(c2c(C(CCC)CCC)cccc2C(CCC)CCC)C(Cl)=C1Cl.CCCC(CCC)c1cccc(C(CCC)CCC)c1N1[CH-]N(c2c(C(CCC)CCC)cccc2C(CCC)CCC)C(Cl)=C1Cl.[Pd+2]. The predicted molar refractivity (Wildman–Crippen MR) is 422 cm³/mol. The molecule has 95 heavy (non-hydrogen) atoms. The van der Waals surface area contributed by atoms with Gasteiger partial charge in [-0.15, -0.1) is 13.3 Å². The van der Waals surface area contributed by atoms with Crippen LogP contribution in [0, 0.1) is 13.3 Å². The zero-order valence-electron chi connectivity index (χ0n) is 62.9. The Balaban J connectivity index is 0.000000400. The van der Waals surface area contributed by atoms with E-state index >= 15 is 0 Å². The molecule has 4 aromatic carbocycles. The summed E-state index contributed by atoms with van der Waals surface area (Å²) in [6.45, 7) is 41.7. The summed E-state index contributed by atoms with van der Waals surface area (Å²) in [5, 5.41) is 2.52. The molecule has 0 N–H and O–H groups in total. The van der Waals surface area contributed by atoms with Crippen LogP contribution in [0.25, 0.3) is 0 Å². The van der Waals surface area contributed by atoms with Crippen molar-refractivity contribution in [2.45, 2.75) is 364 Å². The Labute approximate surface area is 619 Å². The van der Waals surface area contributed by atoms with Crippen LogP contribution in [0.5, 0.6) is 0 Å². The topological polar surface area (TPSA) is 13.0 Å². The van der Waals surface area contributed by atoms with E-state index in [9.17, 15) is 0 Å². The fourth-order valence-electron chi connectivity index (χ4n) is 16.7. The van der Waals surface area contributed by atoms with E-state index in [1.54, 1.807) is 0 Å². The van der Waals surface area contributed by atoms with Gasteiger partial charge in [0, 0.05) is 22.7 Å². The fourth-order valence-corrected chi connectivity index (χ4v) is 17.6. The van der Waals surface area contributed by atoms with Crippen LogP contribution in [0.3, 0.4) is 0 Å². The molecule has 2 heterocycles. The van der Waals surface area contributed by atoms with Crippen molar-refractivity contribution in [1.29, 1.82) is 0 Å². The maximum Gasteiger partial charge on any atom is 2.00 e. The maximum absolute atomic E-state index is 7.48. The largest absolute Gasteiger partial charge is 2.00 e. The van der Waals surface area contributed by atoms with Crippen molar-refractivity contribution in [3.8, 4) is 0 Å². The Bertz CT molecular complexity index is 2300. The summed E-state index contributed by atoms with van der Waals surface area (Å²) in [4.78, 5) is 9.15. The summed E-state index contributed by atoms with van der Waals surface area (Å²) in [6.07, 6.45) is 37.7. The maximum atomic E-state index is 7.48. The van der Waals surface area contributed by atoms with Gasteiger partial charge in [0.05, 0.1) is 0 Å². The summed E-state index contributed by atoms with van der Waals surface area (Å²) in [7, 11) is 0. The second kappa shape index (κ2) is 46.0. The molecule has 6 rings (SSSR count). The molecule has 536 valence electrons. The molecule has 0 atom stereocenters. The summed E-state index contributed by atoms with van der Waals surface area (Å²) < 4.78 is 0. The number of halogens is 4. The van der Waals surface area contributed by atoms with Crippen LogP contribution in [0.1, 0.15) is 408 Å². The molecule has 0 amide bonds. The number of benzene rings is 4. The van der Waals surface area contributed by atoms with Gasteiger partial charge in [0.15, 0.2) is 0 Å². The van der Waals surface area contributed by atoms with Crippen molar-refractivity contribution in [3.63, 3.8) is 0 Å². The van der Waals surface area contributed by atoms with Gasteiger partial charge in [-0.05, 0) is 195 Å². The minimum atomic E-state index is 0. The molecule has 9 heteroatoms. The molecule has 0 aliphatic carbocycles. The van der Waals surface area contributed by atoms with Gasteiger partial charge in [0.2, 0.25) is 0 Å². The van der Waals surface area contributed by atoms with Gasteiger partial charge in [-0.2, -0.15) is 0 Å². The van der Waals surface area contributed by atoms with Crippen molar-refractivity contribution in [1.82, 2.24) is 0 Å². The molecule has 0 radical (unpaired) electrons. The number of anilines is 4. The normalized spacial score (nSPS) is 13.8. The van der Waals surface area contributed by atoms with Crippen molar-refractivity contribution >= 4 is 69.2 Å². The average molecular weight is 1470 g/mol. The van der Waals surface area contributed by atoms with Crippen LogP contribution in [0.4, 0.5) is 22.7 Å². The van der Waals surface area contributed by atoms with Crippen LogP contribution >= 0.6 is 46.4 Å². The van der Waals surface area contributed by atoms with E-state index in [1.165, 1.54) is 273 Å². The molecule has 0 saturated carbocycles. The summed E-state index contributed by atoms with van der Waals surface area (Å²) in [5.41, 5.74) is 16.6. The van der Waals surface area contributed by atoms with Gasteiger partial charge in [-0.3, -0.25) is 0 Å². The second-order valence-corrected chi connectivity index (χ2v) is 29.6. The van der Waals surface area contributed by atoms with Gasteiger partial charge >= 0.3 is 20.4 Å². The predicted octanol–water partition coefficient (Wildman–Crippen LogP) is 30.9. The number of nitrogens with zero attached hydrogens (tertiary/aromatic N) is 4. The van der Waals surface area contributed by atoms with E-state index in [-0.39, 0.29) is 20.4 Å². The summed E-state index contributed by atoms with van der Waals surface area (Å²) >= 11 is 29.9. The number of hydrogen-bond acceptors (Lipinski definition) is 4. The van der Waals surface area contributed by atoms with Crippen molar-refractivity contribution in [2.24, 2.45) is 0 Å².